The lowest BCUT2D eigenvalue weighted by molar-refractivity contribution is 0.391. The van der Waals surface area contributed by atoms with E-state index in [2.05, 4.69) is 20.1 Å². The van der Waals surface area contributed by atoms with Gasteiger partial charge < -0.3 is 14.2 Å². The molecule has 8 heteroatoms. The zero-order valence-corrected chi connectivity index (χ0v) is 14.8. The van der Waals surface area contributed by atoms with Gasteiger partial charge in [-0.25, -0.2) is 4.98 Å². The third-order valence-electron chi connectivity index (χ3n) is 3.58. The van der Waals surface area contributed by atoms with Gasteiger partial charge in [0.05, 0.1) is 28.9 Å². The van der Waals surface area contributed by atoms with Crippen LogP contribution in [0.1, 0.15) is 5.89 Å². The number of methoxy groups -OCH3 is 1. The molecule has 1 N–H and O–H groups in total. The third kappa shape index (κ3) is 3.33. The summed E-state index contributed by atoms with van der Waals surface area (Å²) < 4.78 is 10.5. The highest BCUT2D eigenvalue weighted by molar-refractivity contribution is 7.98. The van der Waals surface area contributed by atoms with Crippen molar-refractivity contribution in [2.75, 3.05) is 7.11 Å². The Hall–Kier alpha value is -2.51. The normalized spacial score (nSPS) is 11.1. The van der Waals surface area contributed by atoms with E-state index < -0.39 is 0 Å². The van der Waals surface area contributed by atoms with Crippen molar-refractivity contribution >= 4 is 34.4 Å². The minimum atomic E-state index is 0.482. The van der Waals surface area contributed by atoms with E-state index in [0.29, 0.717) is 22.5 Å². The Balaban J connectivity index is 1.49. The van der Waals surface area contributed by atoms with Crippen molar-refractivity contribution in [3.63, 3.8) is 0 Å². The molecule has 0 amide bonds. The summed E-state index contributed by atoms with van der Waals surface area (Å²) in [7, 11) is 1.64. The van der Waals surface area contributed by atoms with Crippen LogP contribution in [0.3, 0.4) is 0 Å². The van der Waals surface area contributed by atoms with Crippen molar-refractivity contribution in [2.24, 2.45) is 0 Å². The van der Waals surface area contributed by atoms with Gasteiger partial charge in [-0.2, -0.15) is 4.98 Å². The van der Waals surface area contributed by atoms with E-state index in [0.717, 1.165) is 27.5 Å². The van der Waals surface area contributed by atoms with Gasteiger partial charge in [0.1, 0.15) is 5.75 Å². The molecule has 2 heterocycles. The number of aromatic amines is 1. The molecule has 126 valence electrons. The number of thioether (sulfide) groups is 1. The second-order valence-electron chi connectivity index (χ2n) is 5.21. The van der Waals surface area contributed by atoms with Crippen molar-refractivity contribution in [1.82, 2.24) is 20.1 Å². The number of fused-ring (bicyclic) bond motifs is 1. The maximum absolute atomic E-state index is 6.16. The summed E-state index contributed by atoms with van der Waals surface area (Å²) in [5, 5.41) is 5.36. The Labute approximate surface area is 152 Å². The van der Waals surface area contributed by atoms with Crippen LogP contribution in [0.5, 0.6) is 5.75 Å². The highest BCUT2D eigenvalue weighted by atomic mass is 35.5. The van der Waals surface area contributed by atoms with Crippen LogP contribution in [0.4, 0.5) is 0 Å². The van der Waals surface area contributed by atoms with E-state index in [1.54, 1.807) is 13.2 Å². The van der Waals surface area contributed by atoms with Gasteiger partial charge in [0, 0.05) is 11.6 Å². The molecule has 0 radical (unpaired) electrons. The zero-order valence-electron chi connectivity index (χ0n) is 13.2. The van der Waals surface area contributed by atoms with Crippen LogP contribution < -0.4 is 4.74 Å². The second-order valence-corrected chi connectivity index (χ2v) is 6.58. The predicted molar refractivity (Wildman–Crippen MR) is 97.0 cm³/mol. The number of halogens is 1. The van der Waals surface area contributed by atoms with Gasteiger partial charge in [-0.05, 0) is 24.3 Å². The summed E-state index contributed by atoms with van der Waals surface area (Å²) in [6, 6.07) is 13.1. The van der Waals surface area contributed by atoms with Crippen LogP contribution in [0.15, 0.2) is 52.1 Å². The first-order valence-electron chi connectivity index (χ1n) is 7.47. The molecule has 0 aliphatic rings. The van der Waals surface area contributed by atoms with Gasteiger partial charge in [-0.1, -0.05) is 40.7 Å². The molecule has 0 bridgehead atoms. The number of benzene rings is 2. The van der Waals surface area contributed by atoms with Gasteiger partial charge in [0.25, 0.3) is 0 Å². The fourth-order valence-electron chi connectivity index (χ4n) is 2.36. The first-order valence-corrected chi connectivity index (χ1v) is 8.83. The molecule has 0 unspecified atom stereocenters. The number of hydrogen-bond acceptors (Lipinski definition) is 6. The van der Waals surface area contributed by atoms with Gasteiger partial charge in [0.2, 0.25) is 11.7 Å². The molecule has 2 aromatic carbocycles. The summed E-state index contributed by atoms with van der Waals surface area (Å²) >= 11 is 7.65. The first kappa shape index (κ1) is 16.0. The van der Waals surface area contributed by atoms with Crippen molar-refractivity contribution < 1.29 is 9.26 Å². The Morgan fingerprint density at radius 1 is 1.20 bits per heavy atom. The highest BCUT2D eigenvalue weighted by Crippen LogP contribution is 2.28. The molecule has 25 heavy (non-hydrogen) atoms. The molecule has 0 fully saturated rings. The van der Waals surface area contributed by atoms with Gasteiger partial charge in [0.15, 0.2) is 5.16 Å². The van der Waals surface area contributed by atoms with Gasteiger partial charge in [-0.15, -0.1) is 0 Å². The van der Waals surface area contributed by atoms with Crippen molar-refractivity contribution in [2.45, 2.75) is 10.9 Å². The second kappa shape index (κ2) is 6.78. The van der Waals surface area contributed by atoms with Crippen LogP contribution in [0.2, 0.25) is 5.02 Å². The number of ether oxygens (including phenoxy) is 1. The summed E-state index contributed by atoms with van der Waals surface area (Å²) in [4.78, 5) is 12.2. The minimum absolute atomic E-state index is 0.482. The molecule has 0 aliphatic heterocycles. The topological polar surface area (TPSA) is 76.8 Å². The maximum Gasteiger partial charge on any atom is 0.237 e. The zero-order chi connectivity index (χ0) is 17.2. The number of hydrogen-bond donors (Lipinski definition) is 1. The Kier molecular flexibility index (Phi) is 4.33. The highest BCUT2D eigenvalue weighted by Gasteiger charge is 2.12. The maximum atomic E-state index is 6.16. The first-order chi connectivity index (χ1) is 12.2. The average Bonchev–Trinajstić information content (AvgIpc) is 3.26. The lowest BCUT2D eigenvalue weighted by atomic mass is 10.2. The number of H-pyrrole nitrogens is 1. The predicted octanol–water partition coefficient (Wildman–Crippen LogP) is 4.57. The Morgan fingerprint density at radius 3 is 2.92 bits per heavy atom. The summed E-state index contributed by atoms with van der Waals surface area (Å²) in [5.74, 6) is 2.29. The van der Waals surface area contributed by atoms with E-state index >= 15 is 0 Å². The van der Waals surface area contributed by atoms with E-state index in [4.69, 9.17) is 20.9 Å². The molecular formula is C17H13ClN4O2S. The third-order valence-corrected chi connectivity index (χ3v) is 4.77. The number of imidazole rings is 1. The van der Waals surface area contributed by atoms with Gasteiger partial charge >= 0.3 is 0 Å². The molecule has 6 nitrogen and oxygen atoms in total. The van der Waals surface area contributed by atoms with E-state index in [1.165, 1.54) is 11.8 Å². The molecule has 0 aliphatic carbocycles. The molecule has 2 aromatic heterocycles. The number of rotatable bonds is 5. The lowest BCUT2D eigenvalue weighted by Crippen LogP contribution is -1.84. The van der Waals surface area contributed by atoms with Crippen LogP contribution in [-0.2, 0) is 5.75 Å². The summed E-state index contributed by atoms with van der Waals surface area (Å²) in [6.45, 7) is 0. The number of aromatic nitrogens is 4. The fraction of sp³-hybridized carbons (Fsp3) is 0.118. The number of nitrogens with zero attached hydrogens (tertiary/aromatic N) is 3. The number of nitrogens with one attached hydrogen (secondary N) is 1. The van der Waals surface area contributed by atoms with E-state index in [1.807, 2.05) is 36.4 Å². The van der Waals surface area contributed by atoms with Crippen molar-refractivity contribution in [1.29, 1.82) is 0 Å². The Morgan fingerprint density at radius 2 is 2.08 bits per heavy atom. The molecule has 0 saturated carbocycles. The SMILES string of the molecule is COc1ccc2nc(SCc3nc(-c4ccccc4Cl)no3)[nH]c2c1. The van der Waals surface area contributed by atoms with Crippen molar-refractivity contribution in [3.05, 3.63) is 53.4 Å². The fourth-order valence-corrected chi connectivity index (χ4v) is 3.30. The standard InChI is InChI=1S/C17H13ClN4O2S/c1-23-10-6-7-13-14(8-10)20-17(19-13)25-9-15-21-16(22-24-15)11-4-2-3-5-12(11)18/h2-8H,9H2,1H3,(H,19,20). The average molecular weight is 373 g/mol. The molecule has 0 saturated heterocycles. The largest absolute Gasteiger partial charge is 0.497 e. The summed E-state index contributed by atoms with van der Waals surface area (Å²) in [6.07, 6.45) is 0. The minimum Gasteiger partial charge on any atom is -0.497 e. The smallest absolute Gasteiger partial charge is 0.237 e. The molecular weight excluding hydrogens is 360 g/mol. The van der Waals surface area contributed by atoms with Crippen molar-refractivity contribution in [3.8, 4) is 17.1 Å². The van der Waals surface area contributed by atoms with Crippen LogP contribution >= 0.6 is 23.4 Å². The van der Waals surface area contributed by atoms with Crippen LogP contribution in [-0.4, -0.2) is 27.2 Å². The molecule has 4 rings (SSSR count). The van der Waals surface area contributed by atoms with Gasteiger partial charge in [-0.3, -0.25) is 0 Å². The molecule has 4 aromatic rings. The monoisotopic (exact) mass is 372 g/mol. The van der Waals surface area contributed by atoms with Crippen LogP contribution in [0, 0.1) is 0 Å². The molecule has 0 atom stereocenters. The Bertz CT molecular complexity index is 1030. The molecule has 0 spiro atoms. The summed E-state index contributed by atoms with van der Waals surface area (Å²) in [5.41, 5.74) is 2.55. The van der Waals surface area contributed by atoms with E-state index in [9.17, 15) is 0 Å². The quantitative estimate of drug-likeness (QED) is 0.517. The van der Waals surface area contributed by atoms with Crippen LogP contribution in [0.25, 0.3) is 22.4 Å². The van der Waals surface area contributed by atoms with E-state index in [-0.39, 0.29) is 0 Å². The lowest BCUT2D eigenvalue weighted by Gasteiger charge is -1.96.